The third-order valence-electron chi connectivity index (χ3n) is 2.19. The molecule has 1 aromatic heterocycles. The van der Waals surface area contributed by atoms with Crippen LogP contribution in [-0.2, 0) is 7.05 Å². The molecule has 0 saturated carbocycles. The van der Waals surface area contributed by atoms with Gasteiger partial charge in [0.15, 0.2) is 0 Å². The monoisotopic (exact) mass is 194 g/mol. The second-order valence-corrected chi connectivity index (χ2v) is 3.55. The SMILES string of the molecule is Cc1ccc2c(c1)n(C)c(=O)n2S. The summed E-state index contributed by atoms with van der Waals surface area (Å²) in [6.07, 6.45) is 0. The van der Waals surface area contributed by atoms with Crippen LogP contribution >= 0.6 is 12.8 Å². The topological polar surface area (TPSA) is 26.9 Å². The zero-order valence-electron chi connectivity index (χ0n) is 7.48. The number of hydrogen-bond acceptors (Lipinski definition) is 2. The number of aryl methyl sites for hydroxylation is 2. The molecule has 2 rings (SSSR count). The number of fused-ring (bicyclic) bond motifs is 1. The Balaban J connectivity index is 3.04. The van der Waals surface area contributed by atoms with Crippen LogP contribution in [0.25, 0.3) is 11.0 Å². The lowest BCUT2D eigenvalue weighted by Crippen LogP contribution is -2.16. The molecule has 1 aromatic carbocycles. The van der Waals surface area contributed by atoms with E-state index in [1.165, 1.54) is 3.97 Å². The number of hydrogen-bond donors (Lipinski definition) is 1. The standard InChI is InChI=1S/C9H10N2OS/c1-6-3-4-7-8(5-6)10(2)9(12)11(7)13/h3-5,13H,1-2H3. The molecule has 0 aliphatic carbocycles. The number of nitrogens with zero attached hydrogens (tertiary/aromatic N) is 2. The molecule has 4 heteroatoms. The van der Waals surface area contributed by atoms with E-state index in [0.29, 0.717) is 0 Å². The Bertz CT molecular complexity index is 524. The molecule has 0 spiro atoms. The fourth-order valence-electron chi connectivity index (χ4n) is 1.43. The number of aromatic nitrogens is 2. The van der Waals surface area contributed by atoms with Gasteiger partial charge in [-0.25, -0.2) is 8.77 Å². The Labute approximate surface area is 81.1 Å². The largest absolute Gasteiger partial charge is 0.338 e. The van der Waals surface area contributed by atoms with Crippen LogP contribution < -0.4 is 5.69 Å². The average Bonchev–Trinajstić information content (AvgIpc) is 2.32. The van der Waals surface area contributed by atoms with Crippen LogP contribution in [0.15, 0.2) is 23.0 Å². The lowest BCUT2D eigenvalue weighted by molar-refractivity contribution is 0.880. The average molecular weight is 194 g/mol. The third-order valence-corrected chi connectivity index (χ3v) is 2.58. The second kappa shape index (κ2) is 2.67. The summed E-state index contributed by atoms with van der Waals surface area (Å²) >= 11 is 4.10. The normalized spacial score (nSPS) is 11.0. The van der Waals surface area contributed by atoms with E-state index in [-0.39, 0.29) is 5.69 Å². The maximum absolute atomic E-state index is 11.4. The van der Waals surface area contributed by atoms with Gasteiger partial charge < -0.3 is 0 Å². The highest BCUT2D eigenvalue weighted by Crippen LogP contribution is 2.14. The van der Waals surface area contributed by atoms with Crippen molar-refractivity contribution in [2.75, 3.05) is 0 Å². The van der Waals surface area contributed by atoms with Crippen molar-refractivity contribution in [1.29, 1.82) is 0 Å². The third kappa shape index (κ3) is 1.09. The second-order valence-electron chi connectivity index (χ2n) is 3.15. The molecule has 0 radical (unpaired) electrons. The van der Waals surface area contributed by atoms with Gasteiger partial charge in [0.1, 0.15) is 0 Å². The Hall–Kier alpha value is -1.16. The van der Waals surface area contributed by atoms with E-state index < -0.39 is 0 Å². The van der Waals surface area contributed by atoms with Gasteiger partial charge in [-0.2, -0.15) is 0 Å². The lowest BCUT2D eigenvalue weighted by atomic mass is 10.2. The van der Waals surface area contributed by atoms with Crippen LogP contribution in [0.4, 0.5) is 0 Å². The Morgan fingerprint density at radius 1 is 1.31 bits per heavy atom. The fraction of sp³-hybridized carbons (Fsp3) is 0.222. The summed E-state index contributed by atoms with van der Waals surface area (Å²) in [6.45, 7) is 2.00. The Morgan fingerprint density at radius 3 is 2.69 bits per heavy atom. The summed E-state index contributed by atoms with van der Waals surface area (Å²) in [5.74, 6) is 0. The first kappa shape index (κ1) is 8.44. The van der Waals surface area contributed by atoms with Crippen molar-refractivity contribution in [2.24, 2.45) is 7.05 Å². The molecule has 0 atom stereocenters. The van der Waals surface area contributed by atoms with Crippen LogP contribution in [0, 0.1) is 6.92 Å². The van der Waals surface area contributed by atoms with E-state index in [1.807, 2.05) is 25.1 Å². The first-order valence-corrected chi connectivity index (χ1v) is 4.38. The van der Waals surface area contributed by atoms with Crippen LogP contribution in [0.5, 0.6) is 0 Å². The van der Waals surface area contributed by atoms with E-state index in [0.717, 1.165) is 16.6 Å². The molecule has 1 heterocycles. The van der Waals surface area contributed by atoms with Crippen molar-refractivity contribution in [3.05, 3.63) is 34.2 Å². The molecule has 0 fully saturated rings. The number of rotatable bonds is 0. The van der Waals surface area contributed by atoms with E-state index in [1.54, 1.807) is 11.6 Å². The molecule has 0 bridgehead atoms. The van der Waals surface area contributed by atoms with E-state index in [2.05, 4.69) is 12.8 Å². The van der Waals surface area contributed by atoms with Crippen molar-refractivity contribution >= 4 is 23.8 Å². The quantitative estimate of drug-likeness (QED) is 0.629. The molecule has 0 aliphatic heterocycles. The van der Waals surface area contributed by atoms with Crippen molar-refractivity contribution in [3.63, 3.8) is 0 Å². The van der Waals surface area contributed by atoms with Gasteiger partial charge in [-0.1, -0.05) is 18.9 Å². The first-order valence-electron chi connectivity index (χ1n) is 3.98. The molecule has 0 N–H and O–H groups in total. The van der Waals surface area contributed by atoms with Crippen LogP contribution in [-0.4, -0.2) is 8.54 Å². The van der Waals surface area contributed by atoms with Gasteiger partial charge in [0.2, 0.25) is 0 Å². The van der Waals surface area contributed by atoms with Gasteiger partial charge in [0.05, 0.1) is 11.0 Å². The molecule has 3 nitrogen and oxygen atoms in total. The van der Waals surface area contributed by atoms with Gasteiger partial charge in [0, 0.05) is 7.05 Å². The van der Waals surface area contributed by atoms with Crippen molar-refractivity contribution < 1.29 is 0 Å². The molecule has 0 unspecified atom stereocenters. The summed E-state index contributed by atoms with van der Waals surface area (Å²) in [7, 11) is 1.75. The maximum atomic E-state index is 11.4. The maximum Gasteiger partial charge on any atom is 0.338 e. The Kier molecular flexibility index (Phi) is 1.73. The van der Waals surface area contributed by atoms with E-state index in [4.69, 9.17) is 0 Å². The van der Waals surface area contributed by atoms with Crippen LogP contribution in [0.2, 0.25) is 0 Å². The van der Waals surface area contributed by atoms with Crippen LogP contribution in [0.3, 0.4) is 0 Å². The van der Waals surface area contributed by atoms with E-state index >= 15 is 0 Å². The summed E-state index contributed by atoms with van der Waals surface area (Å²) < 4.78 is 2.95. The molecule has 0 aliphatic rings. The van der Waals surface area contributed by atoms with Crippen LogP contribution in [0.1, 0.15) is 5.56 Å². The number of thiol groups is 1. The fourth-order valence-corrected chi connectivity index (χ4v) is 1.73. The minimum Gasteiger partial charge on any atom is -0.294 e. The van der Waals surface area contributed by atoms with Gasteiger partial charge in [-0.05, 0) is 24.6 Å². The minimum atomic E-state index is -0.107. The van der Waals surface area contributed by atoms with Gasteiger partial charge in [-0.15, -0.1) is 0 Å². The highest BCUT2D eigenvalue weighted by atomic mass is 32.1. The zero-order chi connectivity index (χ0) is 9.59. The molecule has 2 aromatic rings. The van der Waals surface area contributed by atoms with Gasteiger partial charge >= 0.3 is 5.69 Å². The highest BCUT2D eigenvalue weighted by molar-refractivity contribution is 7.78. The van der Waals surface area contributed by atoms with Crippen molar-refractivity contribution in [3.8, 4) is 0 Å². The molecule has 13 heavy (non-hydrogen) atoms. The van der Waals surface area contributed by atoms with E-state index in [9.17, 15) is 4.79 Å². The first-order chi connectivity index (χ1) is 6.11. The van der Waals surface area contributed by atoms with Crippen molar-refractivity contribution in [2.45, 2.75) is 6.92 Å². The van der Waals surface area contributed by atoms with Crippen molar-refractivity contribution in [1.82, 2.24) is 8.54 Å². The highest BCUT2D eigenvalue weighted by Gasteiger charge is 2.06. The Morgan fingerprint density at radius 2 is 2.00 bits per heavy atom. The predicted molar refractivity (Wildman–Crippen MR) is 56.3 cm³/mol. The molecule has 0 amide bonds. The minimum absolute atomic E-state index is 0.107. The summed E-state index contributed by atoms with van der Waals surface area (Å²) in [5.41, 5.74) is 2.80. The van der Waals surface area contributed by atoms with Gasteiger partial charge in [0.25, 0.3) is 0 Å². The molecule has 68 valence electrons. The molecular weight excluding hydrogens is 184 g/mol. The molecular formula is C9H10N2OS. The summed E-state index contributed by atoms with van der Waals surface area (Å²) in [6, 6.07) is 5.84. The number of benzene rings is 1. The summed E-state index contributed by atoms with van der Waals surface area (Å²) in [4.78, 5) is 11.4. The summed E-state index contributed by atoms with van der Waals surface area (Å²) in [5, 5.41) is 0. The predicted octanol–water partition coefficient (Wildman–Crippen LogP) is 1.34. The lowest BCUT2D eigenvalue weighted by Gasteiger charge is -1.95. The molecule has 0 saturated heterocycles. The smallest absolute Gasteiger partial charge is 0.294 e. The number of imidazole rings is 1. The zero-order valence-corrected chi connectivity index (χ0v) is 8.38. The van der Waals surface area contributed by atoms with Gasteiger partial charge in [-0.3, -0.25) is 4.57 Å².